The van der Waals surface area contributed by atoms with E-state index in [1.807, 2.05) is 0 Å². The minimum atomic E-state index is -4.14. The predicted molar refractivity (Wildman–Crippen MR) is 144 cm³/mol. The first kappa shape index (κ1) is 27.8. The van der Waals surface area contributed by atoms with Crippen molar-refractivity contribution in [1.82, 2.24) is 5.43 Å². The summed E-state index contributed by atoms with van der Waals surface area (Å²) in [6.45, 7) is -0.563. The van der Waals surface area contributed by atoms with E-state index in [2.05, 4.69) is 26.5 Å². The second kappa shape index (κ2) is 12.5. The number of methoxy groups -OCH3 is 4. The van der Waals surface area contributed by atoms with Crippen LogP contribution in [-0.2, 0) is 14.8 Å². The Hall–Kier alpha value is -3.77. The van der Waals surface area contributed by atoms with E-state index in [-0.39, 0.29) is 16.3 Å². The van der Waals surface area contributed by atoms with Gasteiger partial charge in [-0.1, -0.05) is 18.2 Å². The molecule has 0 unspecified atom stereocenters. The second-order valence-electron chi connectivity index (χ2n) is 7.39. The third kappa shape index (κ3) is 6.52. The predicted octanol–water partition coefficient (Wildman–Crippen LogP) is 3.83. The first-order chi connectivity index (χ1) is 17.7. The molecule has 12 heteroatoms. The van der Waals surface area contributed by atoms with Crippen LogP contribution in [0.3, 0.4) is 0 Å². The molecule has 0 atom stereocenters. The molecule has 37 heavy (non-hydrogen) atoms. The maximum Gasteiger partial charge on any atom is 0.264 e. The number of benzene rings is 3. The molecular weight excluding hydrogens is 566 g/mol. The standard InChI is InChI=1S/C25H26BrN3O7S/c1-33-18-10-11-21(22(14-18)34-2)29(37(31,32)19-8-6-5-7-9-19)16-24(30)28-27-15-17-12-20(26)25(36-4)23(13-17)35-3/h5-15H,16H2,1-4H3,(H,28,30)/b27-15-. The van der Waals surface area contributed by atoms with Gasteiger partial charge in [-0.15, -0.1) is 0 Å². The van der Waals surface area contributed by atoms with Crippen molar-refractivity contribution in [1.29, 1.82) is 0 Å². The average Bonchev–Trinajstić information content (AvgIpc) is 2.91. The largest absolute Gasteiger partial charge is 0.497 e. The topological polar surface area (TPSA) is 116 Å². The fraction of sp³-hybridized carbons (Fsp3) is 0.200. The highest BCUT2D eigenvalue weighted by Crippen LogP contribution is 2.36. The fourth-order valence-corrected chi connectivity index (χ4v) is 5.44. The number of anilines is 1. The molecule has 1 amide bonds. The van der Waals surface area contributed by atoms with Crippen molar-refractivity contribution < 1.29 is 32.2 Å². The Morgan fingerprint density at radius 3 is 2.27 bits per heavy atom. The number of nitrogens with zero attached hydrogens (tertiary/aromatic N) is 2. The second-order valence-corrected chi connectivity index (χ2v) is 10.1. The molecule has 0 heterocycles. The van der Waals surface area contributed by atoms with Crippen molar-refractivity contribution in [3.8, 4) is 23.0 Å². The number of nitrogens with one attached hydrogen (secondary N) is 1. The van der Waals surface area contributed by atoms with E-state index in [0.29, 0.717) is 27.3 Å². The highest BCUT2D eigenvalue weighted by Gasteiger charge is 2.29. The molecular formula is C25H26BrN3O7S. The molecule has 1 N–H and O–H groups in total. The van der Waals surface area contributed by atoms with E-state index in [4.69, 9.17) is 18.9 Å². The summed E-state index contributed by atoms with van der Waals surface area (Å²) < 4.78 is 49.9. The molecule has 3 rings (SSSR count). The summed E-state index contributed by atoms with van der Waals surface area (Å²) >= 11 is 3.40. The highest BCUT2D eigenvalue weighted by atomic mass is 79.9. The Labute approximate surface area is 224 Å². The van der Waals surface area contributed by atoms with Crippen LogP contribution in [0, 0.1) is 0 Å². The van der Waals surface area contributed by atoms with Gasteiger partial charge in [-0.05, 0) is 57.9 Å². The Morgan fingerprint density at radius 1 is 0.946 bits per heavy atom. The van der Waals surface area contributed by atoms with Crippen LogP contribution in [0.4, 0.5) is 5.69 Å². The summed E-state index contributed by atoms with van der Waals surface area (Å²) in [5, 5.41) is 3.97. The molecule has 0 fully saturated rings. The van der Waals surface area contributed by atoms with Crippen LogP contribution in [0.5, 0.6) is 23.0 Å². The normalized spacial score (nSPS) is 11.2. The fourth-order valence-electron chi connectivity index (χ4n) is 3.37. The number of carbonyl (C=O) groups is 1. The zero-order chi connectivity index (χ0) is 27.0. The number of carbonyl (C=O) groups excluding carboxylic acids is 1. The molecule has 0 spiro atoms. The molecule has 0 aliphatic rings. The molecule has 0 bridgehead atoms. The zero-order valence-electron chi connectivity index (χ0n) is 20.6. The van der Waals surface area contributed by atoms with Crippen LogP contribution in [0.2, 0.25) is 0 Å². The van der Waals surface area contributed by atoms with Crippen LogP contribution < -0.4 is 28.7 Å². The number of hydrazone groups is 1. The maximum absolute atomic E-state index is 13.5. The van der Waals surface area contributed by atoms with Gasteiger partial charge in [-0.2, -0.15) is 5.10 Å². The Morgan fingerprint density at radius 2 is 1.65 bits per heavy atom. The van der Waals surface area contributed by atoms with Gasteiger partial charge in [0.1, 0.15) is 18.0 Å². The van der Waals surface area contributed by atoms with Gasteiger partial charge in [0.25, 0.3) is 15.9 Å². The van der Waals surface area contributed by atoms with E-state index in [9.17, 15) is 13.2 Å². The number of halogens is 1. The number of hydrogen-bond acceptors (Lipinski definition) is 8. The van der Waals surface area contributed by atoms with Crippen molar-refractivity contribution in [3.63, 3.8) is 0 Å². The van der Waals surface area contributed by atoms with Gasteiger partial charge in [0, 0.05) is 6.07 Å². The molecule has 196 valence electrons. The van der Waals surface area contributed by atoms with Gasteiger partial charge in [-0.3, -0.25) is 9.10 Å². The third-order valence-electron chi connectivity index (χ3n) is 5.13. The smallest absolute Gasteiger partial charge is 0.264 e. The number of ether oxygens (including phenoxy) is 4. The van der Waals surface area contributed by atoms with E-state index in [0.717, 1.165) is 4.31 Å². The third-order valence-corrected chi connectivity index (χ3v) is 7.50. The molecule has 3 aromatic rings. The van der Waals surface area contributed by atoms with Gasteiger partial charge in [-0.25, -0.2) is 13.8 Å². The van der Waals surface area contributed by atoms with Gasteiger partial charge >= 0.3 is 0 Å². The summed E-state index contributed by atoms with van der Waals surface area (Å²) in [4.78, 5) is 12.9. The van der Waals surface area contributed by atoms with E-state index >= 15 is 0 Å². The molecule has 0 aliphatic heterocycles. The van der Waals surface area contributed by atoms with Gasteiger partial charge < -0.3 is 18.9 Å². The number of amides is 1. The van der Waals surface area contributed by atoms with Crippen molar-refractivity contribution >= 4 is 43.8 Å². The molecule has 0 aliphatic carbocycles. The Bertz CT molecular complexity index is 1380. The van der Waals surface area contributed by atoms with Crippen LogP contribution >= 0.6 is 15.9 Å². The average molecular weight is 592 g/mol. The lowest BCUT2D eigenvalue weighted by molar-refractivity contribution is -0.119. The van der Waals surface area contributed by atoms with Crippen molar-refractivity contribution in [3.05, 3.63) is 70.7 Å². The SMILES string of the molecule is COc1ccc(N(CC(=O)N/N=C\c2cc(Br)c(OC)c(OC)c2)S(=O)(=O)c2ccccc2)c(OC)c1. The van der Waals surface area contributed by atoms with E-state index in [1.165, 1.54) is 58.9 Å². The summed E-state index contributed by atoms with van der Waals surface area (Å²) in [5.41, 5.74) is 3.14. The zero-order valence-corrected chi connectivity index (χ0v) is 23.0. The first-order valence-electron chi connectivity index (χ1n) is 10.8. The lowest BCUT2D eigenvalue weighted by Crippen LogP contribution is -2.39. The van der Waals surface area contributed by atoms with Crippen LogP contribution in [0.15, 0.2) is 75.1 Å². The lowest BCUT2D eigenvalue weighted by Gasteiger charge is -2.25. The van der Waals surface area contributed by atoms with Crippen LogP contribution in [-0.4, -0.2) is 55.5 Å². The molecule has 0 saturated carbocycles. The molecule has 0 saturated heterocycles. The Balaban J connectivity index is 1.90. The summed E-state index contributed by atoms with van der Waals surface area (Å²) in [6, 6.07) is 15.8. The molecule has 10 nitrogen and oxygen atoms in total. The highest BCUT2D eigenvalue weighted by molar-refractivity contribution is 9.10. The first-order valence-corrected chi connectivity index (χ1v) is 13.0. The van der Waals surface area contributed by atoms with Gasteiger partial charge in [0.15, 0.2) is 11.5 Å². The maximum atomic E-state index is 13.5. The number of sulfonamides is 1. The molecule has 0 radical (unpaired) electrons. The number of hydrogen-bond donors (Lipinski definition) is 1. The van der Waals surface area contributed by atoms with Gasteiger partial charge in [0.05, 0.1) is 49.7 Å². The van der Waals surface area contributed by atoms with E-state index in [1.54, 1.807) is 36.4 Å². The Kier molecular flexibility index (Phi) is 9.36. The summed E-state index contributed by atoms with van der Waals surface area (Å²) in [7, 11) is 1.76. The molecule has 3 aromatic carbocycles. The summed E-state index contributed by atoms with van der Waals surface area (Å²) in [6.07, 6.45) is 1.40. The summed E-state index contributed by atoms with van der Waals surface area (Å²) in [5.74, 6) is 0.988. The van der Waals surface area contributed by atoms with Gasteiger partial charge in [0.2, 0.25) is 0 Å². The van der Waals surface area contributed by atoms with Crippen molar-refractivity contribution in [2.75, 3.05) is 39.3 Å². The minimum Gasteiger partial charge on any atom is -0.497 e. The molecule has 0 aromatic heterocycles. The van der Waals surface area contributed by atoms with E-state index < -0.39 is 22.5 Å². The number of rotatable bonds is 11. The van der Waals surface area contributed by atoms with Crippen LogP contribution in [0.1, 0.15) is 5.56 Å². The van der Waals surface area contributed by atoms with Crippen molar-refractivity contribution in [2.24, 2.45) is 5.10 Å². The quantitative estimate of drug-likeness (QED) is 0.266. The monoisotopic (exact) mass is 591 g/mol. The van der Waals surface area contributed by atoms with Crippen molar-refractivity contribution in [2.45, 2.75) is 4.90 Å². The van der Waals surface area contributed by atoms with Crippen LogP contribution in [0.25, 0.3) is 0 Å². The lowest BCUT2D eigenvalue weighted by atomic mass is 10.2. The minimum absolute atomic E-state index is 0.0133.